The number of nitrogens with one attached hydrogen (secondary N) is 1. The zero-order chi connectivity index (χ0) is 15.9. The third-order valence-electron chi connectivity index (χ3n) is 3.35. The number of amides is 1. The van der Waals surface area contributed by atoms with Crippen LogP contribution in [0.5, 0.6) is 0 Å². The van der Waals surface area contributed by atoms with Crippen molar-refractivity contribution in [2.75, 3.05) is 13.2 Å². The standard InChI is InChI=1S/C17H28N2O2/c1-13(10-19-16(20)15(18)17(2,3)4)11-21-12-14-8-6-5-7-9-14/h5-9,13,15H,10-12,18H2,1-4H3,(H,19,20)/t13?,15-/m1/s1. The van der Waals surface area contributed by atoms with Crippen molar-refractivity contribution in [3.8, 4) is 0 Å². The Bertz CT molecular complexity index is 426. The topological polar surface area (TPSA) is 64.4 Å². The van der Waals surface area contributed by atoms with Crippen molar-refractivity contribution in [3.05, 3.63) is 35.9 Å². The summed E-state index contributed by atoms with van der Waals surface area (Å²) in [5.74, 6) is 0.155. The molecule has 2 atom stereocenters. The van der Waals surface area contributed by atoms with Gasteiger partial charge in [0.15, 0.2) is 0 Å². The highest BCUT2D eigenvalue weighted by Gasteiger charge is 2.27. The maximum absolute atomic E-state index is 11.9. The van der Waals surface area contributed by atoms with Crippen LogP contribution in [0, 0.1) is 11.3 Å². The van der Waals surface area contributed by atoms with E-state index in [-0.39, 0.29) is 17.2 Å². The summed E-state index contributed by atoms with van der Waals surface area (Å²) in [4.78, 5) is 11.9. The lowest BCUT2D eigenvalue weighted by Crippen LogP contribution is -2.49. The van der Waals surface area contributed by atoms with E-state index in [9.17, 15) is 4.79 Å². The minimum atomic E-state index is -0.491. The van der Waals surface area contributed by atoms with E-state index in [1.807, 2.05) is 58.0 Å². The molecule has 0 bridgehead atoms. The van der Waals surface area contributed by atoms with Gasteiger partial charge in [0, 0.05) is 6.54 Å². The van der Waals surface area contributed by atoms with E-state index in [0.29, 0.717) is 19.8 Å². The van der Waals surface area contributed by atoms with Gasteiger partial charge in [0.05, 0.1) is 19.3 Å². The number of nitrogens with two attached hydrogens (primary N) is 1. The average molecular weight is 292 g/mol. The van der Waals surface area contributed by atoms with Gasteiger partial charge < -0.3 is 15.8 Å². The first kappa shape index (κ1) is 17.7. The van der Waals surface area contributed by atoms with E-state index < -0.39 is 6.04 Å². The van der Waals surface area contributed by atoms with Gasteiger partial charge in [0.1, 0.15) is 0 Å². The second-order valence-electron chi connectivity index (χ2n) is 6.69. The predicted octanol–water partition coefficient (Wildman–Crippen LogP) is 2.33. The molecule has 118 valence electrons. The lowest BCUT2D eigenvalue weighted by Gasteiger charge is -2.26. The second kappa shape index (κ2) is 8.15. The van der Waals surface area contributed by atoms with Crippen LogP contribution < -0.4 is 11.1 Å². The molecule has 1 rings (SSSR count). The van der Waals surface area contributed by atoms with Crippen LogP contribution in [0.2, 0.25) is 0 Å². The third-order valence-corrected chi connectivity index (χ3v) is 3.35. The molecule has 0 heterocycles. The van der Waals surface area contributed by atoms with E-state index in [2.05, 4.69) is 5.32 Å². The summed E-state index contributed by atoms with van der Waals surface area (Å²) >= 11 is 0. The Morgan fingerprint density at radius 3 is 2.48 bits per heavy atom. The quantitative estimate of drug-likeness (QED) is 0.810. The van der Waals surface area contributed by atoms with Crippen LogP contribution in [0.15, 0.2) is 30.3 Å². The largest absolute Gasteiger partial charge is 0.376 e. The van der Waals surface area contributed by atoms with Crippen molar-refractivity contribution in [1.29, 1.82) is 0 Å². The smallest absolute Gasteiger partial charge is 0.237 e. The maximum atomic E-state index is 11.9. The number of carbonyl (C=O) groups excluding carboxylic acids is 1. The number of rotatable bonds is 7. The van der Waals surface area contributed by atoms with Crippen LogP contribution in [-0.4, -0.2) is 25.1 Å². The first-order chi connectivity index (χ1) is 9.80. The molecule has 0 aromatic heterocycles. The van der Waals surface area contributed by atoms with Crippen molar-refractivity contribution in [1.82, 2.24) is 5.32 Å². The maximum Gasteiger partial charge on any atom is 0.237 e. The van der Waals surface area contributed by atoms with E-state index in [0.717, 1.165) is 5.56 Å². The Balaban J connectivity index is 2.22. The molecule has 3 N–H and O–H groups in total. The molecule has 1 aromatic carbocycles. The fraction of sp³-hybridized carbons (Fsp3) is 0.588. The molecule has 0 aliphatic carbocycles. The molecule has 0 aliphatic rings. The summed E-state index contributed by atoms with van der Waals surface area (Å²) in [7, 11) is 0. The molecule has 0 spiro atoms. The Labute approximate surface area is 128 Å². The molecule has 21 heavy (non-hydrogen) atoms. The summed E-state index contributed by atoms with van der Waals surface area (Å²) in [5.41, 5.74) is 6.84. The predicted molar refractivity (Wildman–Crippen MR) is 85.7 cm³/mol. The van der Waals surface area contributed by atoms with Crippen LogP contribution in [0.25, 0.3) is 0 Å². The molecule has 0 fully saturated rings. The molecule has 0 saturated carbocycles. The van der Waals surface area contributed by atoms with E-state index >= 15 is 0 Å². The van der Waals surface area contributed by atoms with E-state index in [1.165, 1.54) is 0 Å². The summed E-state index contributed by atoms with van der Waals surface area (Å²) in [6, 6.07) is 9.56. The summed E-state index contributed by atoms with van der Waals surface area (Å²) in [5, 5.41) is 2.89. The Morgan fingerprint density at radius 1 is 1.29 bits per heavy atom. The van der Waals surface area contributed by atoms with Crippen LogP contribution in [0.3, 0.4) is 0 Å². The highest BCUT2D eigenvalue weighted by atomic mass is 16.5. The van der Waals surface area contributed by atoms with E-state index in [4.69, 9.17) is 10.5 Å². The SMILES string of the molecule is CC(CNC(=O)[C@@H](N)C(C)(C)C)COCc1ccccc1. The minimum absolute atomic E-state index is 0.0996. The van der Waals surface area contributed by atoms with Crippen molar-refractivity contribution in [2.45, 2.75) is 40.3 Å². The number of hydrogen-bond acceptors (Lipinski definition) is 3. The number of hydrogen-bond donors (Lipinski definition) is 2. The van der Waals surface area contributed by atoms with Crippen LogP contribution in [-0.2, 0) is 16.1 Å². The minimum Gasteiger partial charge on any atom is -0.376 e. The van der Waals surface area contributed by atoms with E-state index in [1.54, 1.807) is 0 Å². The number of ether oxygens (including phenoxy) is 1. The molecular weight excluding hydrogens is 264 g/mol. The van der Waals surface area contributed by atoms with Crippen LogP contribution >= 0.6 is 0 Å². The Morgan fingerprint density at radius 2 is 1.90 bits per heavy atom. The van der Waals surface area contributed by atoms with Gasteiger partial charge in [-0.2, -0.15) is 0 Å². The van der Waals surface area contributed by atoms with Gasteiger partial charge in [-0.05, 0) is 16.9 Å². The lowest BCUT2D eigenvalue weighted by molar-refractivity contribution is -0.124. The monoisotopic (exact) mass is 292 g/mol. The molecule has 4 heteroatoms. The molecule has 0 saturated heterocycles. The zero-order valence-electron chi connectivity index (χ0n) is 13.6. The normalized spacial score (nSPS) is 14.5. The van der Waals surface area contributed by atoms with Gasteiger partial charge in [-0.1, -0.05) is 58.0 Å². The van der Waals surface area contributed by atoms with Crippen molar-refractivity contribution in [2.24, 2.45) is 17.1 Å². The van der Waals surface area contributed by atoms with Gasteiger partial charge in [-0.25, -0.2) is 0 Å². The molecule has 4 nitrogen and oxygen atoms in total. The molecule has 1 amide bonds. The first-order valence-corrected chi connectivity index (χ1v) is 7.45. The zero-order valence-corrected chi connectivity index (χ0v) is 13.6. The fourth-order valence-electron chi connectivity index (χ4n) is 1.79. The highest BCUT2D eigenvalue weighted by Crippen LogP contribution is 2.17. The van der Waals surface area contributed by atoms with Gasteiger partial charge >= 0.3 is 0 Å². The van der Waals surface area contributed by atoms with Gasteiger partial charge in [0.2, 0.25) is 5.91 Å². The van der Waals surface area contributed by atoms with Gasteiger partial charge in [0.25, 0.3) is 0 Å². The second-order valence-corrected chi connectivity index (χ2v) is 6.69. The molecule has 1 aromatic rings. The van der Waals surface area contributed by atoms with Crippen molar-refractivity contribution >= 4 is 5.91 Å². The van der Waals surface area contributed by atoms with Crippen molar-refractivity contribution in [3.63, 3.8) is 0 Å². The summed E-state index contributed by atoms with van der Waals surface area (Å²) in [6.07, 6.45) is 0. The first-order valence-electron chi connectivity index (χ1n) is 7.45. The van der Waals surface area contributed by atoms with Crippen molar-refractivity contribution < 1.29 is 9.53 Å². The molecule has 1 unspecified atom stereocenters. The van der Waals surface area contributed by atoms with Gasteiger partial charge in [-0.3, -0.25) is 4.79 Å². The highest BCUT2D eigenvalue weighted by molar-refractivity contribution is 5.82. The molecule has 0 radical (unpaired) electrons. The Hall–Kier alpha value is -1.39. The molecule has 0 aliphatic heterocycles. The number of benzene rings is 1. The third kappa shape index (κ3) is 6.74. The van der Waals surface area contributed by atoms with Gasteiger partial charge in [-0.15, -0.1) is 0 Å². The van der Waals surface area contributed by atoms with Crippen LogP contribution in [0.4, 0.5) is 0 Å². The van der Waals surface area contributed by atoms with Crippen LogP contribution in [0.1, 0.15) is 33.3 Å². The Kier molecular flexibility index (Phi) is 6.85. The lowest BCUT2D eigenvalue weighted by atomic mass is 9.87. The average Bonchev–Trinajstić information content (AvgIpc) is 2.44. The number of carbonyl (C=O) groups is 1. The fourth-order valence-corrected chi connectivity index (χ4v) is 1.79. The molecular formula is C17H28N2O2. The summed E-state index contributed by atoms with van der Waals surface area (Å²) in [6.45, 7) is 9.72. The summed E-state index contributed by atoms with van der Waals surface area (Å²) < 4.78 is 5.66.